The quantitative estimate of drug-likeness (QED) is 0.705. The van der Waals surface area contributed by atoms with Crippen molar-refractivity contribution in [2.24, 2.45) is 0 Å². The van der Waals surface area contributed by atoms with Crippen molar-refractivity contribution in [3.63, 3.8) is 0 Å². The summed E-state index contributed by atoms with van der Waals surface area (Å²) in [6.07, 6.45) is -0.103. The average Bonchev–Trinajstić information content (AvgIpc) is 2.58. The smallest absolute Gasteiger partial charge is 0.340 e. The van der Waals surface area contributed by atoms with Crippen molar-refractivity contribution in [2.45, 2.75) is 33.2 Å². The average molecular weight is 351 g/mol. The first-order chi connectivity index (χ1) is 12.4. The first kappa shape index (κ1) is 17.7. The normalized spacial score (nSPS) is 12.1. The number of phenols is 1. The van der Waals surface area contributed by atoms with E-state index in [0.29, 0.717) is 16.5 Å². The fourth-order valence-corrected chi connectivity index (χ4v) is 3.14. The molecule has 0 fully saturated rings. The van der Waals surface area contributed by atoms with Gasteiger partial charge in [0.2, 0.25) is 5.91 Å². The molecule has 5 nitrogen and oxygen atoms in total. The molecule has 0 unspecified atom stereocenters. The van der Waals surface area contributed by atoms with Crippen molar-refractivity contribution in [1.82, 2.24) is 5.32 Å². The van der Waals surface area contributed by atoms with Gasteiger partial charge < -0.3 is 14.8 Å². The molecule has 0 aliphatic heterocycles. The molecule has 1 heterocycles. The molecule has 1 aromatic heterocycles. The Morgan fingerprint density at radius 1 is 1.19 bits per heavy atom. The van der Waals surface area contributed by atoms with Crippen LogP contribution in [-0.4, -0.2) is 11.0 Å². The zero-order chi connectivity index (χ0) is 18.8. The molecule has 134 valence electrons. The van der Waals surface area contributed by atoms with E-state index in [1.807, 2.05) is 37.3 Å². The SMILES string of the molecule is Cc1cc(O)c2c(C)c(CC(=O)N[C@H](C)c3ccccc3)c(=O)oc2c1. The maximum Gasteiger partial charge on any atom is 0.340 e. The van der Waals surface area contributed by atoms with Gasteiger partial charge in [-0.1, -0.05) is 30.3 Å². The van der Waals surface area contributed by atoms with Crippen LogP contribution in [0.5, 0.6) is 5.75 Å². The molecule has 26 heavy (non-hydrogen) atoms. The number of aryl methyl sites for hydroxylation is 2. The summed E-state index contributed by atoms with van der Waals surface area (Å²) in [5, 5.41) is 13.6. The van der Waals surface area contributed by atoms with E-state index in [9.17, 15) is 14.7 Å². The lowest BCUT2D eigenvalue weighted by molar-refractivity contribution is -0.121. The molecule has 0 bridgehead atoms. The summed E-state index contributed by atoms with van der Waals surface area (Å²) in [6, 6.07) is 12.7. The number of hydrogen-bond acceptors (Lipinski definition) is 4. The molecule has 0 radical (unpaired) electrons. The van der Waals surface area contributed by atoms with E-state index in [1.165, 1.54) is 0 Å². The highest BCUT2D eigenvalue weighted by atomic mass is 16.4. The number of amides is 1. The number of carbonyl (C=O) groups excluding carboxylic acids is 1. The Labute approximate surface area is 151 Å². The second-order valence-corrected chi connectivity index (χ2v) is 6.53. The summed E-state index contributed by atoms with van der Waals surface area (Å²) >= 11 is 0. The molecular formula is C21H21NO4. The topological polar surface area (TPSA) is 79.5 Å². The van der Waals surface area contributed by atoms with Crippen molar-refractivity contribution in [3.05, 3.63) is 75.1 Å². The molecule has 2 aromatic carbocycles. The molecule has 0 spiro atoms. The molecule has 1 amide bonds. The molecular weight excluding hydrogens is 330 g/mol. The Balaban J connectivity index is 1.89. The van der Waals surface area contributed by atoms with E-state index in [0.717, 1.165) is 11.1 Å². The van der Waals surface area contributed by atoms with Crippen molar-refractivity contribution in [3.8, 4) is 5.75 Å². The van der Waals surface area contributed by atoms with Gasteiger partial charge in [-0.2, -0.15) is 0 Å². The lowest BCUT2D eigenvalue weighted by Crippen LogP contribution is -2.30. The van der Waals surface area contributed by atoms with Gasteiger partial charge in [0.05, 0.1) is 23.4 Å². The fraction of sp³-hybridized carbons (Fsp3) is 0.238. The third-order valence-corrected chi connectivity index (χ3v) is 4.52. The Morgan fingerprint density at radius 2 is 1.88 bits per heavy atom. The maximum absolute atomic E-state index is 12.4. The number of benzene rings is 2. The van der Waals surface area contributed by atoms with E-state index >= 15 is 0 Å². The number of nitrogens with one attached hydrogen (secondary N) is 1. The van der Waals surface area contributed by atoms with Gasteiger partial charge in [0.25, 0.3) is 0 Å². The summed E-state index contributed by atoms with van der Waals surface area (Å²) in [4.78, 5) is 24.8. The minimum atomic E-state index is -0.553. The molecule has 2 N–H and O–H groups in total. The lowest BCUT2D eigenvalue weighted by Gasteiger charge is -2.15. The van der Waals surface area contributed by atoms with Crippen LogP contribution in [-0.2, 0) is 11.2 Å². The summed E-state index contributed by atoms with van der Waals surface area (Å²) in [5.41, 5.74) is 2.37. The standard InChI is InChI=1S/C21H21NO4/c1-12-9-17(23)20-13(2)16(21(25)26-18(20)10-12)11-19(24)22-14(3)15-7-5-4-6-8-15/h4-10,14,23H,11H2,1-3H3,(H,22,24)/t14-/m1/s1. The number of carbonyl (C=O) groups is 1. The largest absolute Gasteiger partial charge is 0.507 e. The first-order valence-electron chi connectivity index (χ1n) is 8.47. The monoisotopic (exact) mass is 351 g/mol. The highest BCUT2D eigenvalue weighted by Crippen LogP contribution is 2.30. The highest BCUT2D eigenvalue weighted by molar-refractivity contribution is 5.89. The van der Waals surface area contributed by atoms with E-state index in [1.54, 1.807) is 26.0 Å². The molecule has 0 aliphatic carbocycles. The number of phenolic OH excluding ortho intramolecular Hbond substituents is 1. The molecule has 0 saturated heterocycles. The number of fused-ring (bicyclic) bond motifs is 1. The van der Waals surface area contributed by atoms with Crippen molar-refractivity contribution < 1.29 is 14.3 Å². The van der Waals surface area contributed by atoms with Crippen molar-refractivity contribution >= 4 is 16.9 Å². The van der Waals surface area contributed by atoms with Crippen LogP contribution >= 0.6 is 0 Å². The number of aromatic hydroxyl groups is 1. The molecule has 0 aliphatic rings. The molecule has 5 heteroatoms. The zero-order valence-corrected chi connectivity index (χ0v) is 15.0. The van der Waals surface area contributed by atoms with E-state index in [2.05, 4.69) is 5.32 Å². The second-order valence-electron chi connectivity index (χ2n) is 6.53. The summed E-state index contributed by atoms with van der Waals surface area (Å²) in [5.74, 6) is -0.233. The summed E-state index contributed by atoms with van der Waals surface area (Å²) < 4.78 is 5.33. The van der Waals surface area contributed by atoms with Crippen LogP contribution in [0.2, 0.25) is 0 Å². The molecule has 0 saturated carbocycles. The van der Waals surface area contributed by atoms with Crippen LogP contribution in [0.15, 0.2) is 51.7 Å². The zero-order valence-electron chi connectivity index (χ0n) is 15.0. The molecule has 3 aromatic rings. The molecule has 1 atom stereocenters. The van der Waals surface area contributed by atoms with Crippen LogP contribution in [0.3, 0.4) is 0 Å². The number of rotatable bonds is 4. The van der Waals surface area contributed by atoms with Crippen LogP contribution in [0.4, 0.5) is 0 Å². The summed E-state index contributed by atoms with van der Waals surface area (Å²) in [6.45, 7) is 5.41. The van der Waals surface area contributed by atoms with Crippen LogP contribution in [0, 0.1) is 13.8 Å². The predicted molar refractivity (Wildman–Crippen MR) is 100 cm³/mol. The van der Waals surface area contributed by atoms with Gasteiger partial charge in [-0.15, -0.1) is 0 Å². The Morgan fingerprint density at radius 3 is 2.58 bits per heavy atom. The van der Waals surface area contributed by atoms with Crippen molar-refractivity contribution in [2.75, 3.05) is 0 Å². The van der Waals surface area contributed by atoms with Crippen LogP contribution < -0.4 is 10.9 Å². The number of hydrogen-bond donors (Lipinski definition) is 2. The Kier molecular flexibility index (Phi) is 4.80. The first-order valence-corrected chi connectivity index (χ1v) is 8.47. The van der Waals surface area contributed by atoms with Crippen LogP contribution in [0.25, 0.3) is 11.0 Å². The molecule has 3 rings (SSSR count). The maximum atomic E-state index is 12.4. The van der Waals surface area contributed by atoms with Gasteiger partial charge in [0.15, 0.2) is 0 Å². The lowest BCUT2D eigenvalue weighted by atomic mass is 10.0. The van der Waals surface area contributed by atoms with Gasteiger partial charge in [-0.3, -0.25) is 4.79 Å². The predicted octanol–water partition coefficient (Wildman–Crippen LogP) is 3.54. The van der Waals surface area contributed by atoms with Gasteiger partial charge in [0, 0.05) is 0 Å². The van der Waals surface area contributed by atoms with Gasteiger partial charge in [0.1, 0.15) is 11.3 Å². The van der Waals surface area contributed by atoms with E-state index in [4.69, 9.17) is 4.42 Å². The van der Waals surface area contributed by atoms with Crippen LogP contribution in [0.1, 0.15) is 35.2 Å². The minimum absolute atomic E-state index is 0.0422. The fourth-order valence-electron chi connectivity index (χ4n) is 3.14. The second kappa shape index (κ2) is 7.04. The van der Waals surface area contributed by atoms with Crippen molar-refractivity contribution in [1.29, 1.82) is 0 Å². The Hall–Kier alpha value is -3.08. The minimum Gasteiger partial charge on any atom is -0.507 e. The van der Waals surface area contributed by atoms with E-state index < -0.39 is 5.63 Å². The van der Waals surface area contributed by atoms with Gasteiger partial charge in [-0.25, -0.2) is 4.79 Å². The van der Waals surface area contributed by atoms with Gasteiger partial charge in [-0.05, 0) is 49.6 Å². The third kappa shape index (κ3) is 3.47. The third-order valence-electron chi connectivity index (χ3n) is 4.52. The Bertz CT molecular complexity index is 1020. The van der Waals surface area contributed by atoms with Gasteiger partial charge >= 0.3 is 5.63 Å². The highest BCUT2D eigenvalue weighted by Gasteiger charge is 2.18. The van der Waals surface area contributed by atoms with E-state index in [-0.39, 0.29) is 29.7 Å². The summed E-state index contributed by atoms with van der Waals surface area (Å²) in [7, 11) is 0.